The Morgan fingerprint density at radius 1 is 1.33 bits per heavy atom. The van der Waals surface area contributed by atoms with Gasteiger partial charge in [0.05, 0.1) is 5.56 Å². The molecule has 30 heavy (non-hydrogen) atoms. The van der Waals surface area contributed by atoms with Gasteiger partial charge in [0, 0.05) is 5.69 Å². The van der Waals surface area contributed by atoms with Crippen molar-refractivity contribution < 1.29 is 18.0 Å². The first-order valence-corrected chi connectivity index (χ1v) is 9.89. The predicted molar refractivity (Wildman–Crippen MR) is 107 cm³/mol. The molecule has 1 aromatic carbocycles. The molecule has 12 heteroatoms. The highest BCUT2D eigenvalue weighted by Gasteiger charge is 2.43. The normalized spacial score (nSPS) is 13.3. The molecule has 1 atom stereocenters. The number of hydrogen-bond acceptors (Lipinski definition) is 8. The topological polar surface area (TPSA) is 157 Å². The van der Waals surface area contributed by atoms with Crippen LogP contribution in [0.3, 0.4) is 0 Å². The number of amides is 1. The summed E-state index contributed by atoms with van der Waals surface area (Å²) < 4.78 is 39.4. The van der Waals surface area contributed by atoms with E-state index in [0.29, 0.717) is 0 Å². The number of thioether (sulfide) groups is 1. The molecule has 2 rings (SSSR count). The van der Waals surface area contributed by atoms with Crippen LogP contribution in [0.5, 0.6) is 0 Å². The molecule has 0 spiro atoms. The van der Waals surface area contributed by atoms with Crippen LogP contribution in [0.25, 0.3) is 0 Å². The molecule has 0 saturated carbocycles. The van der Waals surface area contributed by atoms with E-state index in [2.05, 4.69) is 15.3 Å². The van der Waals surface area contributed by atoms with Crippen molar-refractivity contribution in [2.75, 3.05) is 23.9 Å². The van der Waals surface area contributed by atoms with E-state index < -0.39 is 23.2 Å². The minimum atomic E-state index is -4.59. The van der Waals surface area contributed by atoms with Crippen molar-refractivity contribution >= 4 is 29.3 Å². The number of aromatic nitrogens is 2. The van der Waals surface area contributed by atoms with Gasteiger partial charge in [-0.2, -0.15) is 18.4 Å². The lowest BCUT2D eigenvalue weighted by Crippen LogP contribution is -2.49. The standard InChI is InChI=1S/C18H20F3N7OS/c1-30-14-12(9-23)13(26-16(25)27-14)17(15(24)29,6-3-7-22)28-11-5-2-4-10(8-11)18(19,20)21/h2,4-5,8,28H,3,6-7,22H2,1H3,(H2,24,29)(H2,25,26,27)/t17-/m1/s1. The fourth-order valence-electron chi connectivity index (χ4n) is 2.94. The van der Waals surface area contributed by atoms with Gasteiger partial charge in [0.25, 0.3) is 0 Å². The minimum Gasteiger partial charge on any atom is -0.368 e. The van der Waals surface area contributed by atoms with E-state index in [9.17, 15) is 23.2 Å². The SMILES string of the molecule is CSc1nc(N)nc([C@@](CCCN)(Nc2cccc(C(F)(F)F)c2)C(N)=O)c1C#N. The highest BCUT2D eigenvalue weighted by atomic mass is 32.2. The van der Waals surface area contributed by atoms with Crippen LogP contribution in [0.15, 0.2) is 29.3 Å². The number of nitrogen functional groups attached to an aromatic ring is 1. The van der Waals surface area contributed by atoms with E-state index in [4.69, 9.17) is 17.2 Å². The highest BCUT2D eigenvalue weighted by molar-refractivity contribution is 7.98. The average Bonchev–Trinajstić information content (AvgIpc) is 2.69. The molecule has 160 valence electrons. The Hall–Kier alpha value is -3.04. The summed E-state index contributed by atoms with van der Waals surface area (Å²) >= 11 is 1.11. The third-order valence-electron chi connectivity index (χ3n) is 4.33. The summed E-state index contributed by atoms with van der Waals surface area (Å²) in [6, 6.07) is 6.21. The van der Waals surface area contributed by atoms with Crippen LogP contribution in [0.4, 0.5) is 24.8 Å². The van der Waals surface area contributed by atoms with Crippen LogP contribution in [0.1, 0.15) is 29.7 Å². The number of nitrogens with two attached hydrogens (primary N) is 3. The summed E-state index contributed by atoms with van der Waals surface area (Å²) in [6.45, 7) is 0.164. The monoisotopic (exact) mass is 439 g/mol. The van der Waals surface area contributed by atoms with Crippen LogP contribution < -0.4 is 22.5 Å². The molecular formula is C18H20F3N7OS. The molecule has 0 unspecified atom stereocenters. The zero-order valence-corrected chi connectivity index (χ0v) is 16.8. The van der Waals surface area contributed by atoms with E-state index in [1.54, 1.807) is 6.26 Å². The fraction of sp³-hybridized carbons (Fsp3) is 0.333. The number of carbonyl (C=O) groups excluding carboxylic acids is 1. The van der Waals surface area contributed by atoms with Crippen LogP contribution in [0.2, 0.25) is 0 Å². The Balaban J connectivity index is 2.74. The van der Waals surface area contributed by atoms with Gasteiger partial charge in [-0.3, -0.25) is 4.79 Å². The van der Waals surface area contributed by atoms with Crippen molar-refractivity contribution in [1.82, 2.24) is 9.97 Å². The van der Waals surface area contributed by atoms with Crippen molar-refractivity contribution in [2.24, 2.45) is 11.5 Å². The van der Waals surface area contributed by atoms with Gasteiger partial charge in [0.15, 0.2) is 5.54 Å². The molecule has 0 aliphatic rings. The fourth-order valence-corrected chi connectivity index (χ4v) is 3.47. The minimum absolute atomic E-state index is 0.0337. The van der Waals surface area contributed by atoms with Gasteiger partial charge in [-0.05, 0) is 43.8 Å². The molecule has 2 aromatic rings. The largest absolute Gasteiger partial charge is 0.416 e. The molecular weight excluding hydrogens is 419 g/mol. The quantitative estimate of drug-likeness (QED) is 0.360. The molecule has 1 heterocycles. The number of hydrogen-bond donors (Lipinski definition) is 4. The Morgan fingerprint density at radius 2 is 2.03 bits per heavy atom. The molecule has 7 N–H and O–H groups in total. The Morgan fingerprint density at radius 3 is 2.57 bits per heavy atom. The van der Waals surface area contributed by atoms with Crippen LogP contribution in [-0.4, -0.2) is 28.7 Å². The van der Waals surface area contributed by atoms with Gasteiger partial charge in [-0.1, -0.05) is 6.07 Å². The van der Waals surface area contributed by atoms with E-state index in [1.165, 1.54) is 12.1 Å². The van der Waals surface area contributed by atoms with Gasteiger partial charge in [-0.25, -0.2) is 9.97 Å². The zero-order valence-electron chi connectivity index (χ0n) is 16.0. The number of nitriles is 1. The van der Waals surface area contributed by atoms with Crippen molar-refractivity contribution in [3.05, 3.63) is 41.1 Å². The Kier molecular flexibility index (Phi) is 7.12. The Labute approximate surface area is 175 Å². The van der Waals surface area contributed by atoms with Crippen LogP contribution in [0, 0.1) is 11.3 Å². The van der Waals surface area contributed by atoms with Gasteiger partial charge in [-0.15, -0.1) is 11.8 Å². The molecule has 0 radical (unpaired) electrons. The molecule has 0 aliphatic heterocycles. The number of primary amides is 1. The smallest absolute Gasteiger partial charge is 0.368 e. The van der Waals surface area contributed by atoms with E-state index in [1.807, 2.05) is 6.07 Å². The summed E-state index contributed by atoms with van der Waals surface area (Å²) in [6.07, 6.45) is -2.71. The lowest BCUT2D eigenvalue weighted by atomic mass is 9.85. The molecule has 8 nitrogen and oxygen atoms in total. The third-order valence-corrected chi connectivity index (χ3v) is 5.01. The number of nitrogens with zero attached hydrogens (tertiary/aromatic N) is 3. The molecule has 1 amide bonds. The van der Waals surface area contributed by atoms with Crippen LogP contribution in [-0.2, 0) is 16.5 Å². The molecule has 1 aromatic heterocycles. The molecule has 0 bridgehead atoms. The van der Waals surface area contributed by atoms with Crippen LogP contribution >= 0.6 is 11.8 Å². The van der Waals surface area contributed by atoms with Gasteiger partial charge < -0.3 is 22.5 Å². The predicted octanol–water partition coefficient (Wildman–Crippen LogP) is 2.20. The first-order chi connectivity index (χ1) is 14.1. The first kappa shape index (κ1) is 23.2. The summed E-state index contributed by atoms with van der Waals surface area (Å²) in [5.41, 5.74) is 14.1. The number of halogens is 3. The number of alkyl halides is 3. The molecule has 0 fully saturated rings. The lowest BCUT2D eigenvalue weighted by molar-refractivity contribution is -0.137. The summed E-state index contributed by atoms with van der Waals surface area (Å²) in [5, 5.41) is 12.7. The second-order valence-corrected chi connectivity index (χ2v) is 7.09. The number of nitrogens with one attached hydrogen (secondary N) is 1. The van der Waals surface area contributed by atoms with Crippen molar-refractivity contribution in [3.63, 3.8) is 0 Å². The summed E-state index contributed by atoms with van der Waals surface area (Å²) in [4.78, 5) is 20.7. The van der Waals surface area contributed by atoms with Crippen molar-refractivity contribution in [2.45, 2.75) is 29.6 Å². The Bertz CT molecular complexity index is 977. The maximum atomic E-state index is 13.1. The first-order valence-electron chi connectivity index (χ1n) is 8.66. The maximum Gasteiger partial charge on any atom is 0.416 e. The maximum absolute atomic E-state index is 13.1. The average molecular weight is 439 g/mol. The van der Waals surface area contributed by atoms with E-state index in [-0.39, 0.29) is 47.3 Å². The van der Waals surface area contributed by atoms with E-state index in [0.717, 1.165) is 23.9 Å². The number of carbonyl (C=O) groups is 1. The van der Waals surface area contributed by atoms with Gasteiger partial charge in [0.2, 0.25) is 11.9 Å². The second-order valence-electron chi connectivity index (χ2n) is 6.29. The highest BCUT2D eigenvalue weighted by Crippen LogP contribution is 2.37. The van der Waals surface area contributed by atoms with E-state index >= 15 is 0 Å². The van der Waals surface area contributed by atoms with Crippen molar-refractivity contribution in [1.29, 1.82) is 5.26 Å². The lowest BCUT2D eigenvalue weighted by Gasteiger charge is -2.33. The summed E-state index contributed by atoms with van der Waals surface area (Å²) in [5.74, 6) is -1.16. The third kappa shape index (κ3) is 4.74. The zero-order chi connectivity index (χ0) is 22.5. The second kappa shape index (κ2) is 9.19. The van der Waals surface area contributed by atoms with Gasteiger partial charge in [0.1, 0.15) is 22.4 Å². The number of anilines is 2. The van der Waals surface area contributed by atoms with Gasteiger partial charge >= 0.3 is 6.18 Å². The molecule has 0 saturated heterocycles. The van der Waals surface area contributed by atoms with Crippen molar-refractivity contribution in [3.8, 4) is 6.07 Å². The molecule has 0 aliphatic carbocycles. The summed E-state index contributed by atoms with van der Waals surface area (Å²) in [7, 11) is 0. The number of benzene rings is 1. The number of rotatable bonds is 8.